The number of rotatable bonds is 3. The second-order valence-electron chi connectivity index (χ2n) is 5.06. The van der Waals surface area contributed by atoms with Crippen LogP contribution in [0.5, 0.6) is 0 Å². The van der Waals surface area contributed by atoms with Gasteiger partial charge in [-0.2, -0.15) is 0 Å². The van der Waals surface area contributed by atoms with Crippen LogP contribution in [0.2, 0.25) is 0 Å². The maximum Gasteiger partial charge on any atom is 0.165 e. The number of nitrogens with zero attached hydrogens (tertiary/aromatic N) is 4. The molecule has 0 radical (unpaired) electrons. The molecule has 2 heterocycles. The SMILES string of the molecule is Nc1ncnc2c1ncn2C[C@H]1CC[C@@H](CO)C1. The summed E-state index contributed by atoms with van der Waals surface area (Å²) in [6.07, 6.45) is 6.61. The van der Waals surface area contributed by atoms with E-state index in [0.29, 0.717) is 29.8 Å². The van der Waals surface area contributed by atoms with Crippen molar-refractivity contribution in [3.63, 3.8) is 0 Å². The lowest BCUT2D eigenvalue weighted by Gasteiger charge is -2.11. The third kappa shape index (κ3) is 1.92. The Labute approximate surface area is 105 Å². The van der Waals surface area contributed by atoms with Crippen LogP contribution in [0.1, 0.15) is 19.3 Å². The molecule has 18 heavy (non-hydrogen) atoms. The summed E-state index contributed by atoms with van der Waals surface area (Å²) in [5.74, 6) is 1.48. The van der Waals surface area contributed by atoms with Gasteiger partial charge in [0.2, 0.25) is 0 Å². The minimum atomic E-state index is 0.302. The average molecular weight is 247 g/mol. The van der Waals surface area contributed by atoms with Crippen LogP contribution in [0.15, 0.2) is 12.7 Å². The van der Waals surface area contributed by atoms with E-state index >= 15 is 0 Å². The highest BCUT2D eigenvalue weighted by atomic mass is 16.3. The first-order valence-corrected chi connectivity index (χ1v) is 6.30. The van der Waals surface area contributed by atoms with Crippen molar-refractivity contribution in [2.45, 2.75) is 25.8 Å². The summed E-state index contributed by atoms with van der Waals surface area (Å²) in [4.78, 5) is 12.4. The standard InChI is InChI=1S/C12H17N5O/c13-11-10-12(15-6-14-11)17(7-16-10)4-8-1-2-9(3-8)5-18/h6-9,18H,1-5H2,(H2,13,14,15)/t8-,9+/m0/s1. The second-order valence-corrected chi connectivity index (χ2v) is 5.06. The predicted octanol–water partition coefficient (Wildman–Crippen LogP) is 0.817. The Morgan fingerprint density at radius 1 is 1.28 bits per heavy atom. The molecular formula is C12H17N5O. The molecule has 2 aromatic rings. The van der Waals surface area contributed by atoms with E-state index in [2.05, 4.69) is 15.0 Å². The zero-order valence-corrected chi connectivity index (χ0v) is 10.2. The van der Waals surface area contributed by atoms with Gasteiger partial charge in [-0.3, -0.25) is 0 Å². The first-order valence-electron chi connectivity index (χ1n) is 6.30. The van der Waals surface area contributed by atoms with E-state index in [1.165, 1.54) is 6.33 Å². The summed E-state index contributed by atoms with van der Waals surface area (Å²) in [5, 5.41) is 9.16. The minimum absolute atomic E-state index is 0.302. The van der Waals surface area contributed by atoms with Crippen molar-refractivity contribution < 1.29 is 5.11 Å². The Morgan fingerprint density at radius 2 is 2.11 bits per heavy atom. The van der Waals surface area contributed by atoms with Gasteiger partial charge in [-0.25, -0.2) is 15.0 Å². The summed E-state index contributed by atoms with van der Waals surface area (Å²) in [6, 6.07) is 0. The van der Waals surface area contributed by atoms with Gasteiger partial charge in [0, 0.05) is 13.2 Å². The first-order chi connectivity index (χ1) is 8.78. The van der Waals surface area contributed by atoms with Gasteiger partial charge >= 0.3 is 0 Å². The fourth-order valence-corrected chi connectivity index (χ4v) is 2.82. The maximum absolute atomic E-state index is 9.16. The van der Waals surface area contributed by atoms with E-state index in [9.17, 15) is 0 Å². The summed E-state index contributed by atoms with van der Waals surface area (Å²) in [7, 11) is 0. The molecule has 0 spiro atoms. The number of aliphatic hydroxyl groups is 1. The molecule has 0 aliphatic heterocycles. The van der Waals surface area contributed by atoms with Crippen LogP contribution < -0.4 is 5.73 Å². The van der Waals surface area contributed by atoms with Gasteiger partial charge < -0.3 is 15.4 Å². The number of anilines is 1. The fourth-order valence-electron chi connectivity index (χ4n) is 2.82. The number of aromatic nitrogens is 4. The van der Waals surface area contributed by atoms with Crippen molar-refractivity contribution in [1.82, 2.24) is 19.5 Å². The lowest BCUT2D eigenvalue weighted by molar-refractivity contribution is 0.225. The molecule has 0 aromatic carbocycles. The largest absolute Gasteiger partial charge is 0.396 e. The Balaban J connectivity index is 1.81. The van der Waals surface area contributed by atoms with Crippen LogP contribution in [0.4, 0.5) is 5.82 Å². The Bertz CT molecular complexity index is 552. The monoisotopic (exact) mass is 247 g/mol. The molecule has 3 N–H and O–H groups in total. The number of aliphatic hydroxyl groups excluding tert-OH is 1. The van der Waals surface area contributed by atoms with Crippen LogP contribution in [-0.2, 0) is 6.54 Å². The molecule has 6 nitrogen and oxygen atoms in total. The van der Waals surface area contributed by atoms with Crippen LogP contribution in [0.25, 0.3) is 11.2 Å². The number of hydrogen-bond donors (Lipinski definition) is 2. The third-order valence-electron chi connectivity index (χ3n) is 3.79. The fraction of sp³-hybridized carbons (Fsp3) is 0.583. The van der Waals surface area contributed by atoms with Crippen molar-refractivity contribution in [1.29, 1.82) is 0 Å². The molecule has 0 saturated heterocycles. The number of fused-ring (bicyclic) bond motifs is 1. The van der Waals surface area contributed by atoms with Crippen molar-refractivity contribution in [2.24, 2.45) is 11.8 Å². The highest BCUT2D eigenvalue weighted by molar-refractivity contribution is 5.81. The van der Waals surface area contributed by atoms with Gasteiger partial charge in [0.15, 0.2) is 11.5 Å². The van der Waals surface area contributed by atoms with Crippen LogP contribution >= 0.6 is 0 Å². The van der Waals surface area contributed by atoms with E-state index in [4.69, 9.17) is 10.8 Å². The van der Waals surface area contributed by atoms with Crippen LogP contribution in [-0.4, -0.2) is 31.2 Å². The second kappa shape index (κ2) is 4.53. The van der Waals surface area contributed by atoms with Gasteiger partial charge in [-0.15, -0.1) is 0 Å². The smallest absolute Gasteiger partial charge is 0.165 e. The van der Waals surface area contributed by atoms with Crippen molar-refractivity contribution >= 4 is 17.0 Å². The molecule has 1 fully saturated rings. The maximum atomic E-state index is 9.16. The number of imidazole rings is 1. The molecule has 0 amide bonds. The van der Waals surface area contributed by atoms with Gasteiger partial charge in [-0.1, -0.05) is 0 Å². The molecule has 96 valence electrons. The lowest BCUT2D eigenvalue weighted by atomic mass is 10.1. The summed E-state index contributed by atoms with van der Waals surface area (Å²) >= 11 is 0. The summed E-state index contributed by atoms with van der Waals surface area (Å²) in [5.41, 5.74) is 7.24. The number of nitrogens with two attached hydrogens (primary N) is 1. The lowest BCUT2D eigenvalue weighted by Crippen LogP contribution is -2.09. The normalized spacial score (nSPS) is 23.8. The molecule has 0 unspecified atom stereocenters. The molecule has 2 atom stereocenters. The van der Waals surface area contributed by atoms with Crippen LogP contribution in [0.3, 0.4) is 0 Å². The average Bonchev–Trinajstić information content (AvgIpc) is 2.98. The van der Waals surface area contributed by atoms with E-state index in [0.717, 1.165) is 31.5 Å². The van der Waals surface area contributed by atoms with E-state index in [1.807, 2.05) is 4.57 Å². The van der Waals surface area contributed by atoms with E-state index in [1.54, 1.807) is 6.33 Å². The van der Waals surface area contributed by atoms with Gasteiger partial charge in [-0.05, 0) is 31.1 Å². The summed E-state index contributed by atoms with van der Waals surface area (Å²) in [6.45, 7) is 1.19. The van der Waals surface area contributed by atoms with Crippen molar-refractivity contribution in [3.8, 4) is 0 Å². The molecule has 1 aliphatic carbocycles. The molecule has 3 rings (SSSR count). The highest BCUT2D eigenvalue weighted by Gasteiger charge is 2.24. The first kappa shape index (κ1) is 11.4. The zero-order valence-electron chi connectivity index (χ0n) is 10.2. The van der Waals surface area contributed by atoms with E-state index in [-0.39, 0.29) is 0 Å². The van der Waals surface area contributed by atoms with E-state index < -0.39 is 0 Å². The van der Waals surface area contributed by atoms with Crippen molar-refractivity contribution in [2.75, 3.05) is 12.3 Å². The quantitative estimate of drug-likeness (QED) is 0.838. The van der Waals surface area contributed by atoms with Gasteiger partial charge in [0.05, 0.1) is 6.33 Å². The Morgan fingerprint density at radius 3 is 2.89 bits per heavy atom. The number of nitrogen functional groups attached to an aromatic ring is 1. The van der Waals surface area contributed by atoms with Crippen molar-refractivity contribution in [3.05, 3.63) is 12.7 Å². The molecule has 6 heteroatoms. The molecule has 2 aromatic heterocycles. The highest BCUT2D eigenvalue weighted by Crippen LogP contribution is 2.32. The molecule has 1 saturated carbocycles. The zero-order chi connectivity index (χ0) is 12.5. The van der Waals surface area contributed by atoms with Gasteiger partial charge in [0.1, 0.15) is 11.8 Å². The third-order valence-corrected chi connectivity index (χ3v) is 3.79. The Kier molecular flexibility index (Phi) is 2.87. The topological polar surface area (TPSA) is 89.9 Å². The predicted molar refractivity (Wildman–Crippen MR) is 67.7 cm³/mol. The van der Waals surface area contributed by atoms with Gasteiger partial charge in [0.25, 0.3) is 0 Å². The molecular weight excluding hydrogens is 230 g/mol. The minimum Gasteiger partial charge on any atom is -0.396 e. The Hall–Kier alpha value is -1.69. The molecule has 1 aliphatic rings. The number of hydrogen-bond acceptors (Lipinski definition) is 5. The molecule has 0 bridgehead atoms. The summed E-state index contributed by atoms with van der Waals surface area (Å²) < 4.78 is 2.04. The van der Waals surface area contributed by atoms with Crippen LogP contribution in [0, 0.1) is 11.8 Å².